The first kappa shape index (κ1) is 43.8. The third-order valence-electron chi connectivity index (χ3n) is 9.32. The molecule has 0 aromatic rings. The van der Waals surface area contributed by atoms with Crippen LogP contribution in [0.3, 0.4) is 0 Å². The second kappa shape index (κ2) is 34.6. The summed E-state index contributed by atoms with van der Waals surface area (Å²) in [7, 11) is 0. The van der Waals surface area contributed by atoms with Crippen LogP contribution >= 0.6 is 0 Å². The molecular weight excluding hydrogens is 596 g/mol. The van der Waals surface area contributed by atoms with Crippen molar-refractivity contribution in [3.05, 3.63) is 24.3 Å². The molecule has 0 bridgehead atoms. The average molecular weight is 671 g/mol. The molecule has 0 saturated carbocycles. The van der Waals surface area contributed by atoms with E-state index >= 15 is 0 Å². The monoisotopic (exact) mass is 671 g/mol. The topological polar surface area (TPSA) is 77.3 Å². The highest BCUT2D eigenvalue weighted by molar-refractivity contribution is 6.18. The predicted molar refractivity (Wildman–Crippen MR) is 204 cm³/mol. The van der Waals surface area contributed by atoms with E-state index in [1.807, 2.05) is 0 Å². The summed E-state index contributed by atoms with van der Waals surface area (Å²) in [5.41, 5.74) is 1.06. The zero-order chi connectivity index (χ0) is 34.6. The van der Waals surface area contributed by atoms with Gasteiger partial charge in [0, 0.05) is 12.8 Å². The van der Waals surface area contributed by atoms with Gasteiger partial charge in [-0.05, 0) is 37.1 Å². The van der Waals surface area contributed by atoms with Crippen molar-refractivity contribution in [1.82, 2.24) is 0 Å². The molecule has 0 radical (unpaired) electrons. The van der Waals surface area contributed by atoms with Crippen LogP contribution in [-0.2, 0) is 19.3 Å². The van der Waals surface area contributed by atoms with Crippen molar-refractivity contribution in [2.75, 3.05) is 0 Å². The van der Waals surface area contributed by atoms with Gasteiger partial charge in [-0.25, -0.2) is 9.59 Å². The van der Waals surface area contributed by atoms with Crippen LogP contribution in [0.5, 0.6) is 0 Å². The Kier molecular flexibility index (Phi) is 31.6. The Hall–Kier alpha value is -2.24. The number of carbonyl (C=O) groups excluding carboxylic acids is 2. The predicted octanol–water partition coefficient (Wildman–Crippen LogP) is 13.4. The Balaban J connectivity index is 1.94. The normalized spacial score (nSPS) is 12.5. The summed E-state index contributed by atoms with van der Waals surface area (Å²) in [5.74, 6) is -0.600. The molecule has 6 heteroatoms. The summed E-state index contributed by atoms with van der Waals surface area (Å²) >= 11 is 0. The van der Waals surface area contributed by atoms with E-state index in [1.165, 1.54) is 167 Å². The van der Waals surface area contributed by atoms with Gasteiger partial charge in [0.25, 0.3) is 0 Å². The largest absolute Gasteiger partial charge is 0.335 e. The fourth-order valence-electron chi connectivity index (χ4n) is 6.15. The van der Waals surface area contributed by atoms with Gasteiger partial charge >= 0.3 is 11.9 Å². The van der Waals surface area contributed by atoms with Gasteiger partial charge in [-0.1, -0.05) is 204 Å². The summed E-state index contributed by atoms with van der Waals surface area (Å²) in [4.78, 5) is 34.3. The Labute approximate surface area is 296 Å². The number of allylic oxidation sites excluding steroid dienone is 4. The molecule has 0 amide bonds. The highest BCUT2D eigenvalue weighted by Gasteiger charge is 2.07. The molecule has 0 unspecified atom stereocenters. The van der Waals surface area contributed by atoms with Crippen LogP contribution in [0.2, 0.25) is 0 Å². The minimum Gasteiger partial charge on any atom is -0.318 e. The Morgan fingerprint density at radius 2 is 0.583 bits per heavy atom. The molecule has 1 rings (SSSR count). The lowest BCUT2D eigenvalue weighted by Crippen LogP contribution is -2.06. The van der Waals surface area contributed by atoms with E-state index in [9.17, 15) is 9.59 Å². The summed E-state index contributed by atoms with van der Waals surface area (Å²) < 4.78 is 0. The first-order valence-electron chi connectivity index (χ1n) is 20.6. The fourth-order valence-corrected chi connectivity index (χ4v) is 6.15. The highest BCUT2D eigenvalue weighted by Crippen LogP contribution is 2.15. The molecule has 0 heterocycles. The first-order chi connectivity index (χ1) is 23.7. The lowest BCUT2D eigenvalue weighted by Gasteiger charge is -2.04. The van der Waals surface area contributed by atoms with Crippen molar-refractivity contribution in [1.29, 1.82) is 0 Å². The van der Waals surface area contributed by atoms with Gasteiger partial charge in [0.15, 0.2) is 0 Å². The van der Waals surface area contributed by atoms with Gasteiger partial charge in [0.05, 0.1) is 0 Å². The molecule has 0 N–H and O–H groups in total. The summed E-state index contributed by atoms with van der Waals surface area (Å²) in [6.45, 7) is 4.55. The molecule has 0 spiro atoms. The van der Waals surface area contributed by atoms with Gasteiger partial charge in [-0.3, -0.25) is 0 Å². The third-order valence-corrected chi connectivity index (χ3v) is 9.32. The van der Waals surface area contributed by atoms with E-state index in [-0.39, 0.29) is 11.9 Å². The van der Waals surface area contributed by atoms with E-state index in [1.54, 1.807) is 24.3 Å². The van der Waals surface area contributed by atoms with Crippen LogP contribution in [0.25, 0.3) is 0 Å². The number of rotatable bonds is 34. The molecule has 6 nitrogen and oxygen atoms in total. The zero-order valence-corrected chi connectivity index (χ0v) is 31.5. The van der Waals surface area contributed by atoms with Crippen molar-refractivity contribution in [2.24, 2.45) is 10.3 Å². The van der Waals surface area contributed by atoms with E-state index in [0.29, 0.717) is 24.3 Å². The van der Waals surface area contributed by atoms with E-state index in [0.717, 1.165) is 25.7 Å². The summed E-state index contributed by atoms with van der Waals surface area (Å²) in [6, 6.07) is 0. The standard InChI is InChI=1S/C42H74N2O4/c1-3-5-7-9-11-13-15-17-19-21-23-25-27-29-31-33-41(45)47-43-39-35-37-40(38-36-39)44-48-42(46)34-32-30-28-26-24-22-20-18-16-14-12-10-8-6-4-2/h35-38H,3-34H2,1-2H3. The maximum absolute atomic E-state index is 12.1. The van der Waals surface area contributed by atoms with Crippen LogP contribution in [0.15, 0.2) is 34.6 Å². The molecule has 0 atom stereocenters. The van der Waals surface area contributed by atoms with Crippen LogP contribution in [0, 0.1) is 0 Å². The van der Waals surface area contributed by atoms with Crippen molar-refractivity contribution in [3.63, 3.8) is 0 Å². The number of unbranched alkanes of at least 4 members (excludes halogenated alkanes) is 28. The number of hydrogen-bond donors (Lipinski definition) is 0. The van der Waals surface area contributed by atoms with Gasteiger partial charge in [-0.15, -0.1) is 0 Å². The molecule has 276 valence electrons. The van der Waals surface area contributed by atoms with Crippen molar-refractivity contribution in [3.8, 4) is 0 Å². The quantitative estimate of drug-likeness (QED) is 0.0295. The van der Waals surface area contributed by atoms with Crippen molar-refractivity contribution in [2.45, 2.75) is 219 Å². The number of oxime groups is 2. The number of hydrogen-bond acceptors (Lipinski definition) is 6. The molecule has 0 aromatic heterocycles. The maximum Gasteiger partial charge on any atom is 0.335 e. The Morgan fingerprint density at radius 3 is 0.812 bits per heavy atom. The molecule has 0 aliphatic heterocycles. The van der Waals surface area contributed by atoms with Gasteiger partial charge in [-0.2, -0.15) is 0 Å². The van der Waals surface area contributed by atoms with E-state index < -0.39 is 0 Å². The molecule has 1 aliphatic rings. The van der Waals surface area contributed by atoms with Gasteiger partial charge in [0.2, 0.25) is 0 Å². The maximum atomic E-state index is 12.1. The fraction of sp³-hybridized carbons (Fsp3) is 0.810. The van der Waals surface area contributed by atoms with Crippen LogP contribution in [0.4, 0.5) is 0 Å². The van der Waals surface area contributed by atoms with Crippen molar-refractivity contribution >= 4 is 23.4 Å². The molecule has 0 saturated heterocycles. The lowest BCUT2D eigenvalue weighted by atomic mass is 10.0. The van der Waals surface area contributed by atoms with Crippen LogP contribution in [0.1, 0.15) is 219 Å². The van der Waals surface area contributed by atoms with Gasteiger partial charge in [0.1, 0.15) is 11.4 Å². The van der Waals surface area contributed by atoms with Gasteiger partial charge < -0.3 is 9.68 Å². The second-order valence-corrected chi connectivity index (χ2v) is 14.0. The third kappa shape index (κ3) is 29.9. The van der Waals surface area contributed by atoms with Crippen LogP contribution in [-0.4, -0.2) is 23.4 Å². The summed E-state index contributed by atoms with van der Waals surface area (Å²) in [5, 5.41) is 7.87. The van der Waals surface area contributed by atoms with Crippen molar-refractivity contribution < 1.29 is 19.3 Å². The molecular formula is C42H74N2O4. The Bertz CT molecular complexity index is 804. The summed E-state index contributed by atoms with van der Waals surface area (Å²) in [6.07, 6.45) is 46.5. The lowest BCUT2D eigenvalue weighted by molar-refractivity contribution is -0.144. The minimum atomic E-state index is -0.300. The van der Waals surface area contributed by atoms with E-state index in [2.05, 4.69) is 24.2 Å². The first-order valence-corrected chi connectivity index (χ1v) is 20.6. The molecule has 48 heavy (non-hydrogen) atoms. The zero-order valence-electron chi connectivity index (χ0n) is 31.5. The number of carbonyl (C=O) groups is 2. The minimum absolute atomic E-state index is 0.300. The molecule has 1 aliphatic carbocycles. The highest BCUT2D eigenvalue weighted by atomic mass is 16.7. The molecule has 0 fully saturated rings. The Morgan fingerprint density at radius 1 is 0.375 bits per heavy atom. The number of nitrogens with zero attached hydrogens (tertiary/aromatic N) is 2. The average Bonchev–Trinajstić information content (AvgIpc) is 3.10. The van der Waals surface area contributed by atoms with Crippen LogP contribution < -0.4 is 0 Å². The second-order valence-electron chi connectivity index (χ2n) is 14.0. The SMILES string of the molecule is CCCCCCCCCCCCCCCCCC(=O)ON=C1C=CC(=NOC(=O)CCCCCCCCCCCCCCCCC)C=C1. The smallest absolute Gasteiger partial charge is 0.318 e. The molecule has 0 aromatic carbocycles. The van der Waals surface area contributed by atoms with E-state index in [4.69, 9.17) is 9.68 Å².